The van der Waals surface area contributed by atoms with Gasteiger partial charge in [0.2, 0.25) is 0 Å². The molecule has 1 N–H and O–H groups in total. The van der Waals surface area contributed by atoms with E-state index in [9.17, 15) is 9.59 Å². The summed E-state index contributed by atoms with van der Waals surface area (Å²) in [5.74, 6) is 1.20. The van der Waals surface area contributed by atoms with Gasteiger partial charge in [-0.1, -0.05) is 48.5 Å². The fourth-order valence-corrected chi connectivity index (χ4v) is 5.24. The Labute approximate surface area is 235 Å². The van der Waals surface area contributed by atoms with Gasteiger partial charge in [0.1, 0.15) is 11.5 Å². The van der Waals surface area contributed by atoms with Crippen molar-refractivity contribution in [3.63, 3.8) is 0 Å². The fraction of sp³-hybridized carbons (Fsp3) is 0.333. The molecule has 1 aliphatic heterocycles. The fourth-order valence-electron chi connectivity index (χ4n) is 5.24. The average molecular weight is 540 g/mol. The number of fused-ring (bicyclic) bond motifs is 1. The van der Waals surface area contributed by atoms with Gasteiger partial charge in [-0.15, -0.1) is 0 Å². The van der Waals surface area contributed by atoms with Crippen molar-refractivity contribution in [3.8, 4) is 17.1 Å². The second-order valence-electron chi connectivity index (χ2n) is 10.5. The molecular weight excluding hydrogens is 502 g/mol. The van der Waals surface area contributed by atoms with Crippen LogP contribution in [-0.4, -0.2) is 56.2 Å². The van der Waals surface area contributed by atoms with Crippen LogP contribution in [0, 0.1) is 6.92 Å². The number of para-hydroxylation sites is 3. The van der Waals surface area contributed by atoms with Crippen molar-refractivity contribution in [1.82, 2.24) is 10.2 Å². The lowest BCUT2D eigenvalue weighted by molar-refractivity contribution is 0.0952. The van der Waals surface area contributed by atoms with E-state index in [-0.39, 0.29) is 17.4 Å². The summed E-state index contributed by atoms with van der Waals surface area (Å²) in [6.45, 7) is 11.1. The summed E-state index contributed by atoms with van der Waals surface area (Å²) in [5.41, 5.74) is 3.08. The van der Waals surface area contributed by atoms with Gasteiger partial charge in [0, 0.05) is 43.9 Å². The van der Waals surface area contributed by atoms with Crippen LogP contribution < -0.4 is 20.4 Å². The standard InChI is InChI=1S/C33H37N3O4/c1-23(2)39-29-16-8-7-15-28(29)36-21-19-35(20-22-36)18-10-17-34-33(38)27-14-9-13-26-30(37)24(3)31(40-32(26)27)25-11-5-4-6-12-25/h4-9,11-16,23H,10,17-22H2,1-3H3,(H,34,38). The van der Waals surface area contributed by atoms with Crippen molar-refractivity contribution in [3.05, 3.63) is 94.1 Å². The van der Waals surface area contributed by atoms with E-state index in [4.69, 9.17) is 9.15 Å². The molecule has 3 aromatic carbocycles. The first-order chi connectivity index (χ1) is 19.4. The summed E-state index contributed by atoms with van der Waals surface area (Å²) in [4.78, 5) is 31.1. The average Bonchev–Trinajstić information content (AvgIpc) is 2.97. The molecule has 0 bridgehead atoms. The largest absolute Gasteiger partial charge is 0.489 e. The second-order valence-corrected chi connectivity index (χ2v) is 10.5. The molecule has 4 aromatic rings. The quantitative estimate of drug-likeness (QED) is 0.283. The van der Waals surface area contributed by atoms with E-state index in [0.29, 0.717) is 34.4 Å². The SMILES string of the molecule is Cc1c(-c2ccccc2)oc2c(C(=O)NCCCN3CCN(c4ccccc4OC(C)C)CC3)cccc2c1=O. The monoisotopic (exact) mass is 539 g/mol. The summed E-state index contributed by atoms with van der Waals surface area (Å²) in [7, 11) is 0. The van der Waals surface area contributed by atoms with Crippen LogP contribution in [0.2, 0.25) is 0 Å². The lowest BCUT2D eigenvalue weighted by atomic mass is 10.0. The van der Waals surface area contributed by atoms with Crippen LogP contribution in [0.25, 0.3) is 22.3 Å². The lowest BCUT2D eigenvalue weighted by Gasteiger charge is -2.37. The first-order valence-corrected chi connectivity index (χ1v) is 14.1. The maximum absolute atomic E-state index is 13.2. The molecule has 0 atom stereocenters. The van der Waals surface area contributed by atoms with Crippen LogP contribution in [0.15, 0.2) is 82.0 Å². The zero-order valence-corrected chi connectivity index (χ0v) is 23.5. The Kier molecular flexibility index (Phi) is 8.51. The van der Waals surface area contributed by atoms with E-state index in [0.717, 1.165) is 56.1 Å². The summed E-state index contributed by atoms with van der Waals surface area (Å²) in [6.07, 6.45) is 0.972. The predicted molar refractivity (Wildman–Crippen MR) is 160 cm³/mol. The Morgan fingerprint density at radius 1 is 0.950 bits per heavy atom. The first kappa shape index (κ1) is 27.5. The van der Waals surface area contributed by atoms with Crippen molar-refractivity contribution in [1.29, 1.82) is 0 Å². The van der Waals surface area contributed by atoms with Crippen molar-refractivity contribution < 1.29 is 13.9 Å². The topological polar surface area (TPSA) is 75.0 Å². The normalized spacial score (nSPS) is 14.1. The molecule has 0 aliphatic carbocycles. The van der Waals surface area contributed by atoms with E-state index < -0.39 is 0 Å². The van der Waals surface area contributed by atoms with Gasteiger partial charge < -0.3 is 19.4 Å². The zero-order valence-electron chi connectivity index (χ0n) is 23.5. The third-order valence-electron chi connectivity index (χ3n) is 7.30. The number of piperazine rings is 1. The maximum Gasteiger partial charge on any atom is 0.255 e. The number of nitrogens with one attached hydrogen (secondary N) is 1. The van der Waals surface area contributed by atoms with Gasteiger partial charge in [0.25, 0.3) is 5.91 Å². The van der Waals surface area contributed by atoms with E-state index in [1.54, 1.807) is 25.1 Å². The van der Waals surface area contributed by atoms with Crippen LogP contribution in [0.4, 0.5) is 5.69 Å². The molecule has 0 radical (unpaired) electrons. The smallest absolute Gasteiger partial charge is 0.255 e. The predicted octanol–water partition coefficient (Wildman–Crippen LogP) is 5.50. The molecule has 1 saturated heterocycles. The van der Waals surface area contributed by atoms with E-state index in [1.165, 1.54) is 0 Å². The molecule has 208 valence electrons. The Hall–Kier alpha value is -4.10. The molecule has 2 heterocycles. The minimum atomic E-state index is -0.233. The highest BCUT2D eigenvalue weighted by Gasteiger charge is 2.21. The van der Waals surface area contributed by atoms with Crippen LogP contribution in [0.1, 0.15) is 36.2 Å². The molecule has 0 saturated carbocycles. The number of carbonyl (C=O) groups is 1. The van der Waals surface area contributed by atoms with Crippen LogP contribution in [0.3, 0.4) is 0 Å². The lowest BCUT2D eigenvalue weighted by Crippen LogP contribution is -2.47. The molecule has 1 amide bonds. The Balaban J connectivity index is 1.18. The highest BCUT2D eigenvalue weighted by Crippen LogP contribution is 2.30. The molecule has 40 heavy (non-hydrogen) atoms. The van der Waals surface area contributed by atoms with E-state index >= 15 is 0 Å². The number of benzene rings is 3. The summed E-state index contributed by atoms with van der Waals surface area (Å²) < 4.78 is 12.2. The van der Waals surface area contributed by atoms with E-state index in [2.05, 4.69) is 27.2 Å². The van der Waals surface area contributed by atoms with Gasteiger partial charge >= 0.3 is 0 Å². The molecule has 7 nitrogen and oxygen atoms in total. The molecule has 5 rings (SSSR count). The van der Waals surface area contributed by atoms with Crippen LogP contribution in [0.5, 0.6) is 5.75 Å². The summed E-state index contributed by atoms with van der Waals surface area (Å²) in [5, 5.41) is 3.45. The number of hydrogen-bond acceptors (Lipinski definition) is 6. The van der Waals surface area contributed by atoms with Crippen molar-refractivity contribution >= 4 is 22.6 Å². The molecule has 0 spiro atoms. The molecule has 1 aliphatic rings. The number of rotatable bonds is 9. The van der Waals surface area contributed by atoms with Gasteiger partial charge in [0.15, 0.2) is 11.0 Å². The zero-order chi connectivity index (χ0) is 28.1. The number of nitrogens with zero attached hydrogens (tertiary/aromatic N) is 2. The first-order valence-electron chi connectivity index (χ1n) is 14.1. The van der Waals surface area contributed by atoms with Crippen LogP contribution in [-0.2, 0) is 0 Å². The minimum absolute atomic E-state index is 0.118. The molecule has 0 unspecified atom stereocenters. The Bertz CT molecular complexity index is 1520. The third kappa shape index (κ3) is 6.05. The minimum Gasteiger partial charge on any atom is -0.489 e. The highest BCUT2D eigenvalue weighted by atomic mass is 16.5. The van der Waals surface area contributed by atoms with E-state index in [1.807, 2.05) is 56.3 Å². The Morgan fingerprint density at radius 3 is 2.42 bits per heavy atom. The van der Waals surface area contributed by atoms with Gasteiger partial charge in [-0.25, -0.2) is 0 Å². The molecule has 1 aromatic heterocycles. The van der Waals surface area contributed by atoms with Gasteiger partial charge in [0.05, 0.1) is 22.7 Å². The number of amides is 1. The summed E-state index contributed by atoms with van der Waals surface area (Å²) in [6, 6.07) is 22.9. The number of ether oxygens (including phenoxy) is 1. The van der Waals surface area contributed by atoms with Gasteiger partial charge in [-0.05, 0) is 58.0 Å². The van der Waals surface area contributed by atoms with Crippen molar-refractivity contribution in [2.45, 2.75) is 33.3 Å². The molecule has 1 fully saturated rings. The van der Waals surface area contributed by atoms with Crippen molar-refractivity contribution in [2.24, 2.45) is 0 Å². The Morgan fingerprint density at radius 2 is 1.68 bits per heavy atom. The van der Waals surface area contributed by atoms with Crippen molar-refractivity contribution in [2.75, 3.05) is 44.2 Å². The molecule has 7 heteroatoms. The second kappa shape index (κ2) is 12.4. The summed E-state index contributed by atoms with van der Waals surface area (Å²) >= 11 is 0. The number of hydrogen-bond donors (Lipinski definition) is 1. The number of anilines is 1. The number of carbonyl (C=O) groups excluding carboxylic acids is 1. The highest BCUT2D eigenvalue weighted by molar-refractivity contribution is 6.05. The third-order valence-corrected chi connectivity index (χ3v) is 7.30. The molecular formula is C33H37N3O4. The van der Waals surface area contributed by atoms with Crippen LogP contribution >= 0.6 is 0 Å². The maximum atomic E-state index is 13.2. The van der Waals surface area contributed by atoms with Gasteiger partial charge in [-0.2, -0.15) is 0 Å². The van der Waals surface area contributed by atoms with Gasteiger partial charge in [-0.3, -0.25) is 14.5 Å².